The summed E-state index contributed by atoms with van der Waals surface area (Å²) < 4.78 is 0. The van der Waals surface area contributed by atoms with Crippen LogP contribution in [0.2, 0.25) is 5.02 Å². The van der Waals surface area contributed by atoms with Crippen molar-refractivity contribution in [2.45, 2.75) is 6.92 Å². The quantitative estimate of drug-likeness (QED) is 0.737. The molecule has 4 nitrogen and oxygen atoms in total. The van der Waals surface area contributed by atoms with Gasteiger partial charge in [-0.05, 0) is 30.7 Å². The molecule has 5 heteroatoms. The van der Waals surface area contributed by atoms with Crippen LogP contribution in [0.3, 0.4) is 0 Å². The maximum absolute atomic E-state index is 5.97. The number of anilines is 2. The zero-order chi connectivity index (χ0) is 12.5. The van der Waals surface area contributed by atoms with E-state index in [0.717, 1.165) is 22.3 Å². The number of hydrogen-bond acceptors (Lipinski definition) is 3. The van der Waals surface area contributed by atoms with E-state index in [2.05, 4.69) is 20.3 Å². The van der Waals surface area contributed by atoms with Crippen molar-refractivity contribution >= 4 is 34.3 Å². The van der Waals surface area contributed by atoms with Gasteiger partial charge in [-0.1, -0.05) is 17.7 Å². The monoisotopic (exact) mass is 258 g/mol. The number of rotatable bonds is 2. The Morgan fingerprint density at radius 1 is 1.28 bits per heavy atom. The third-order valence-electron chi connectivity index (χ3n) is 2.75. The molecule has 3 aromatic rings. The molecule has 1 aromatic carbocycles. The van der Waals surface area contributed by atoms with Gasteiger partial charge in [-0.25, -0.2) is 4.98 Å². The van der Waals surface area contributed by atoms with E-state index in [1.165, 1.54) is 0 Å². The molecule has 0 atom stereocenters. The maximum Gasteiger partial charge on any atom is 0.229 e. The Kier molecular flexibility index (Phi) is 2.64. The molecule has 0 saturated carbocycles. The number of nitrogens with zero attached hydrogens (tertiary/aromatic N) is 2. The van der Waals surface area contributed by atoms with Crippen molar-refractivity contribution in [1.29, 1.82) is 0 Å². The second kappa shape index (κ2) is 4.31. The van der Waals surface area contributed by atoms with Crippen molar-refractivity contribution in [3.05, 3.63) is 47.2 Å². The minimum Gasteiger partial charge on any atom is -0.346 e. The molecular weight excluding hydrogens is 248 g/mol. The summed E-state index contributed by atoms with van der Waals surface area (Å²) in [5.74, 6) is 0.551. The van der Waals surface area contributed by atoms with Crippen LogP contribution in [0.4, 0.5) is 11.6 Å². The second-order valence-electron chi connectivity index (χ2n) is 4.06. The molecule has 0 aliphatic heterocycles. The number of fused-ring (bicyclic) bond motifs is 1. The van der Waals surface area contributed by atoms with E-state index in [9.17, 15) is 0 Å². The molecule has 90 valence electrons. The van der Waals surface area contributed by atoms with Crippen LogP contribution < -0.4 is 5.32 Å². The van der Waals surface area contributed by atoms with Crippen molar-refractivity contribution in [2.24, 2.45) is 0 Å². The second-order valence-corrected chi connectivity index (χ2v) is 4.50. The first-order valence-electron chi connectivity index (χ1n) is 5.56. The molecule has 0 saturated heterocycles. The van der Waals surface area contributed by atoms with E-state index in [-0.39, 0.29) is 0 Å². The molecule has 0 aliphatic carbocycles. The summed E-state index contributed by atoms with van der Waals surface area (Å²) >= 11 is 5.97. The Morgan fingerprint density at radius 2 is 2.17 bits per heavy atom. The first-order chi connectivity index (χ1) is 8.72. The first-order valence-corrected chi connectivity index (χ1v) is 5.93. The lowest BCUT2D eigenvalue weighted by molar-refractivity contribution is 1.19. The van der Waals surface area contributed by atoms with Crippen molar-refractivity contribution in [1.82, 2.24) is 15.0 Å². The molecule has 3 rings (SSSR count). The molecule has 0 radical (unpaired) electrons. The lowest BCUT2D eigenvalue weighted by Crippen LogP contribution is -1.98. The van der Waals surface area contributed by atoms with Crippen LogP contribution in [0.25, 0.3) is 11.0 Å². The summed E-state index contributed by atoms with van der Waals surface area (Å²) in [6, 6.07) is 7.61. The average Bonchev–Trinajstić information content (AvgIpc) is 2.81. The SMILES string of the molecule is Cc1ccc(Cl)cc1Nc1ncc2cc[nH]c2n1. The highest BCUT2D eigenvalue weighted by molar-refractivity contribution is 6.30. The topological polar surface area (TPSA) is 53.6 Å². The van der Waals surface area contributed by atoms with Crippen LogP contribution in [-0.2, 0) is 0 Å². The number of aromatic nitrogens is 3. The molecule has 2 N–H and O–H groups in total. The number of nitrogens with one attached hydrogen (secondary N) is 2. The standard InChI is InChI=1S/C13H11ClN4/c1-8-2-3-10(14)6-11(8)17-13-16-7-9-4-5-15-12(9)18-13/h2-7H,1H3,(H2,15,16,17,18). The molecule has 0 fully saturated rings. The number of aromatic amines is 1. The van der Waals surface area contributed by atoms with Gasteiger partial charge in [0, 0.05) is 28.5 Å². The molecule has 0 aliphatic rings. The summed E-state index contributed by atoms with van der Waals surface area (Å²) in [6.07, 6.45) is 3.62. The lowest BCUT2D eigenvalue weighted by atomic mass is 10.2. The van der Waals surface area contributed by atoms with Crippen LogP contribution in [0.1, 0.15) is 5.56 Å². The summed E-state index contributed by atoms with van der Waals surface area (Å²) in [6.45, 7) is 2.01. The first kappa shape index (κ1) is 11.0. The summed E-state index contributed by atoms with van der Waals surface area (Å²) in [5, 5.41) is 4.84. The van der Waals surface area contributed by atoms with E-state index in [0.29, 0.717) is 11.0 Å². The fraction of sp³-hybridized carbons (Fsp3) is 0.0769. The Morgan fingerprint density at radius 3 is 3.06 bits per heavy atom. The largest absolute Gasteiger partial charge is 0.346 e. The van der Waals surface area contributed by atoms with Crippen LogP contribution in [0.15, 0.2) is 36.7 Å². The van der Waals surface area contributed by atoms with E-state index >= 15 is 0 Å². The van der Waals surface area contributed by atoms with Crippen molar-refractivity contribution in [2.75, 3.05) is 5.32 Å². The molecule has 18 heavy (non-hydrogen) atoms. The van der Waals surface area contributed by atoms with Crippen molar-refractivity contribution in [3.8, 4) is 0 Å². The molecule has 2 aromatic heterocycles. The Balaban J connectivity index is 1.97. The smallest absolute Gasteiger partial charge is 0.229 e. The van der Waals surface area contributed by atoms with E-state index in [1.807, 2.05) is 37.4 Å². The number of H-pyrrole nitrogens is 1. The Labute approximate surface area is 109 Å². The predicted molar refractivity (Wildman–Crippen MR) is 73.4 cm³/mol. The van der Waals surface area contributed by atoms with E-state index in [1.54, 1.807) is 6.20 Å². The normalized spacial score (nSPS) is 10.8. The maximum atomic E-state index is 5.97. The fourth-order valence-electron chi connectivity index (χ4n) is 1.75. The lowest BCUT2D eigenvalue weighted by Gasteiger charge is -2.08. The zero-order valence-corrected chi connectivity index (χ0v) is 10.5. The third kappa shape index (κ3) is 2.02. The van der Waals surface area contributed by atoms with Crippen molar-refractivity contribution < 1.29 is 0 Å². The molecule has 2 heterocycles. The number of hydrogen-bond donors (Lipinski definition) is 2. The van der Waals surface area contributed by atoms with Gasteiger partial charge in [-0.15, -0.1) is 0 Å². The van der Waals surface area contributed by atoms with Gasteiger partial charge in [-0.2, -0.15) is 4.98 Å². The zero-order valence-electron chi connectivity index (χ0n) is 9.74. The van der Waals surface area contributed by atoms with Crippen LogP contribution >= 0.6 is 11.6 Å². The number of halogens is 1. The molecule has 0 bridgehead atoms. The van der Waals surface area contributed by atoms with Gasteiger partial charge in [0.25, 0.3) is 0 Å². The highest BCUT2D eigenvalue weighted by Gasteiger charge is 2.04. The van der Waals surface area contributed by atoms with Crippen LogP contribution in [0, 0.1) is 6.92 Å². The Bertz CT molecular complexity index is 705. The molecule has 0 amide bonds. The van der Waals surface area contributed by atoms with Crippen molar-refractivity contribution in [3.63, 3.8) is 0 Å². The predicted octanol–water partition coefficient (Wildman–Crippen LogP) is 3.66. The minimum absolute atomic E-state index is 0.551. The highest BCUT2D eigenvalue weighted by atomic mass is 35.5. The third-order valence-corrected chi connectivity index (χ3v) is 2.98. The Hall–Kier alpha value is -2.07. The summed E-state index contributed by atoms with van der Waals surface area (Å²) in [7, 11) is 0. The minimum atomic E-state index is 0.551. The summed E-state index contributed by atoms with van der Waals surface area (Å²) in [4.78, 5) is 11.7. The molecule has 0 unspecified atom stereocenters. The number of aryl methyl sites for hydroxylation is 1. The molecule has 0 spiro atoms. The van der Waals surface area contributed by atoms with Gasteiger partial charge >= 0.3 is 0 Å². The highest BCUT2D eigenvalue weighted by Crippen LogP contribution is 2.23. The van der Waals surface area contributed by atoms with Gasteiger partial charge in [0.1, 0.15) is 5.65 Å². The van der Waals surface area contributed by atoms with E-state index < -0.39 is 0 Å². The van der Waals surface area contributed by atoms with Gasteiger partial charge in [0.15, 0.2) is 0 Å². The van der Waals surface area contributed by atoms with Gasteiger partial charge < -0.3 is 10.3 Å². The average molecular weight is 259 g/mol. The molecular formula is C13H11ClN4. The number of benzene rings is 1. The van der Waals surface area contributed by atoms with E-state index in [4.69, 9.17) is 11.6 Å². The van der Waals surface area contributed by atoms with Crippen LogP contribution in [-0.4, -0.2) is 15.0 Å². The summed E-state index contributed by atoms with van der Waals surface area (Å²) in [5.41, 5.74) is 2.81. The van der Waals surface area contributed by atoms with Gasteiger partial charge in [-0.3, -0.25) is 0 Å². The fourth-order valence-corrected chi connectivity index (χ4v) is 1.92. The van der Waals surface area contributed by atoms with Gasteiger partial charge in [0.2, 0.25) is 5.95 Å². The van der Waals surface area contributed by atoms with Gasteiger partial charge in [0.05, 0.1) is 0 Å². The van der Waals surface area contributed by atoms with Crippen LogP contribution in [0.5, 0.6) is 0 Å².